The standard InChI is InChI=1S/C38H68O11/c1-12-17-28(39)36(16-5)19-21(7)38(46,49-36)35(11)18-20(6)32(47-35)25(13-2)30(41)22(8)29(40)23(9)33-26(14-3)31(42)24(10)37(45,48-33)27(15-4)34(43)44/h20-29,31-33,39-40,42,45-46H,12-19H2,1-11H3,(H,43,44)/t20-,21-,22+,23-,24+,25+,26-,27-,28+,29+,31+,32-,33-,35+,36+,37-,38-/m1/s1. The van der Waals surface area contributed by atoms with Crippen LogP contribution in [0.2, 0.25) is 0 Å². The molecule has 0 aromatic carbocycles. The van der Waals surface area contributed by atoms with Gasteiger partial charge in [-0.2, -0.15) is 0 Å². The molecule has 0 unspecified atom stereocenters. The van der Waals surface area contributed by atoms with Crippen molar-refractivity contribution in [1.29, 1.82) is 0 Å². The summed E-state index contributed by atoms with van der Waals surface area (Å²) in [7, 11) is 0. The molecule has 0 bridgehead atoms. The number of aliphatic hydroxyl groups excluding tert-OH is 3. The fraction of sp³-hybridized carbons (Fsp3) is 0.947. The van der Waals surface area contributed by atoms with Gasteiger partial charge >= 0.3 is 5.97 Å². The number of carboxylic acid groups (broad SMARTS) is 1. The quantitative estimate of drug-likeness (QED) is 0.132. The van der Waals surface area contributed by atoms with Gasteiger partial charge in [-0.3, -0.25) is 9.59 Å². The van der Waals surface area contributed by atoms with Gasteiger partial charge in [-0.1, -0.05) is 75.7 Å². The van der Waals surface area contributed by atoms with Crippen LogP contribution in [0.5, 0.6) is 0 Å². The number of aliphatic hydroxyl groups is 5. The molecule has 0 saturated carbocycles. The molecule has 3 saturated heterocycles. The van der Waals surface area contributed by atoms with Crippen LogP contribution >= 0.6 is 0 Å². The van der Waals surface area contributed by atoms with E-state index in [0.717, 1.165) is 6.42 Å². The van der Waals surface area contributed by atoms with Crippen molar-refractivity contribution in [1.82, 2.24) is 0 Å². The van der Waals surface area contributed by atoms with Crippen LogP contribution in [-0.4, -0.2) is 95.7 Å². The van der Waals surface area contributed by atoms with Crippen LogP contribution < -0.4 is 0 Å². The fourth-order valence-electron chi connectivity index (χ4n) is 9.82. The van der Waals surface area contributed by atoms with Gasteiger partial charge in [0.05, 0.1) is 36.1 Å². The lowest BCUT2D eigenvalue weighted by Crippen LogP contribution is -2.64. The SMILES string of the molecule is CCC[C@H](O)[C@]1(CC)C[C@@H](C)[C@](O)([C@]2(C)C[C@@H](C)[C@H]([C@@H](CC)C(=O)[C@@H](C)[C@H](O)[C@@H](C)[C@H]3O[C@@](O)([C@H](CC)C(=O)O)[C@@H](C)[C@H](O)[C@H]3CC)O2)O1. The highest BCUT2D eigenvalue weighted by atomic mass is 16.7. The third kappa shape index (κ3) is 7.26. The zero-order valence-corrected chi connectivity index (χ0v) is 31.9. The third-order valence-electron chi connectivity index (χ3n) is 13.1. The first-order chi connectivity index (χ1) is 22.7. The molecule has 0 aromatic heterocycles. The van der Waals surface area contributed by atoms with Crippen molar-refractivity contribution in [3.63, 3.8) is 0 Å². The maximum atomic E-state index is 14.3. The molecule has 0 aliphatic carbocycles. The Hall–Kier alpha value is -1.18. The van der Waals surface area contributed by atoms with Gasteiger partial charge in [-0.05, 0) is 57.8 Å². The summed E-state index contributed by atoms with van der Waals surface area (Å²) in [5, 5.41) is 67.8. The van der Waals surface area contributed by atoms with E-state index in [9.17, 15) is 40.2 Å². The Kier molecular flexibility index (Phi) is 13.6. The van der Waals surface area contributed by atoms with Crippen molar-refractivity contribution in [2.24, 2.45) is 47.3 Å². The summed E-state index contributed by atoms with van der Waals surface area (Å²) in [6.07, 6.45) is -0.779. The number of aliphatic carboxylic acids is 1. The summed E-state index contributed by atoms with van der Waals surface area (Å²) in [5.41, 5.74) is -2.05. The molecule has 0 amide bonds. The number of carbonyl (C=O) groups excluding carboxylic acids is 1. The van der Waals surface area contributed by atoms with Gasteiger partial charge in [-0.15, -0.1) is 0 Å². The Morgan fingerprint density at radius 2 is 1.53 bits per heavy atom. The topological polar surface area (TPSA) is 183 Å². The van der Waals surface area contributed by atoms with Crippen LogP contribution in [0.25, 0.3) is 0 Å². The zero-order valence-electron chi connectivity index (χ0n) is 31.9. The first kappa shape index (κ1) is 42.2. The first-order valence-corrected chi connectivity index (χ1v) is 19.0. The average molecular weight is 701 g/mol. The van der Waals surface area contributed by atoms with E-state index in [2.05, 4.69) is 0 Å². The number of carbonyl (C=O) groups is 2. The second kappa shape index (κ2) is 15.8. The molecule has 0 aromatic rings. The molecule has 17 atom stereocenters. The van der Waals surface area contributed by atoms with Crippen molar-refractivity contribution in [2.75, 3.05) is 0 Å². The summed E-state index contributed by atoms with van der Waals surface area (Å²) in [4.78, 5) is 26.4. The van der Waals surface area contributed by atoms with E-state index in [-0.39, 0.29) is 24.0 Å². The maximum absolute atomic E-state index is 14.3. The van der Waals surface area contributed by atoms with Gasteiger partial charge in [0.2, 0.25) is 0 Å². The molecule has 3 heterocycles. The predicted octanol–water partition coefficient (Wildman–Crippen LogP) is 4.67. The van der Waals surface area contributed by atoms with Crippen LogP contribution in [-0.2, 0) is 23.8 Å². The van der Waals surface area contributed by atoms with Gasteiger partial charge < -0.3 is 44.8 Å². The van der Waals surface area contributed by atoms with Crippen molar-refractivity contribution in [3.8, 4) is 0 Å². The van der Waals surface area contributed by atoms with Crippen molar-refractivity contribution < 1.29 is 54.4 Å². The summed E-state index contributed by atoms with van der Waals surface area (Å²) in [6.45, 7) is 20.0. The Labute approximate surface area is 294 Å². The number of Topliss-reactive ketones (excluding diaryl/α,β-unsaturated/α-hetero) is 1. The van der Waals surface area contributed by atoms with E-state index in [1.54, 1.807) is 27.7 Å². The van der Waals surface area contributed by atoms with Gasteiger partial charge in [0, 0.05) is 35.5 Å². The minimum atomic E-state index is -2.16. The van der Waals surface area contributed by atoms with Crippen LogP contribution in [0, 0.1) is 47.3 Å². The number of carboxylic acids is 1. The Morgan fingerprint density at radius 1 is 0.918 bits per heavy atom. The highest BCUT2D eigenvalue weighted by Crippen LogP contribution is 2.56. The summed E-state index contributed by atoms with van der Waals surface area (Å²) in [5.74, 6) is -10.7. The van der Waals surface area contributed by atoms with Crippen LogP contribution in [0.4, 0.5) is 0 Å². The predicted molar refractivity (Wildman–Crippen MR) is 184 cm³/mol. The number of rotatable bonds is 16. The highest BCUT2D eigenvalue weighted by molar-refractivity contribution is 5.84. The van der Waals surface area contributed by atoms with E-state index in [1.165, 1.54) is 0 Å². The smallest absolute Gasteiger partial charge is 0.311 e. The molecule has 6 N–H and O–H groups in total. The Balaban J connectivity index is 1.85. The second-order valence-corrected chi connectivity index (χ2v) is 16.2. The van der Waals surface area contributed by atoms with E-state index in [1.807, 2.05) is 48.5 Å². The largest absolute Gasteiger partial charge is 0.481 e. The number of ketones is 1. The fourth-order valence-corrected chi connectivity index (χ4v) is 9.82. The first-order valence-electron chi connectivity index (χ1n) is 19.0. The van der Waals surface area contributed by atoms with E-state index < -0.39 is 94.8 Å². The monoisotopic (exact) mass is 700 g/mol. The number of ether oxygens (including phenoxy) is 3. The van der Waals surface area contributed by atoms with Gasteiger partial charge in [0.15, 0.2) is 11.6 Å². The average Bonchev–Trinajstić information content (AvgIpc) is 3.52. The molecule has 0 radical (unpaired) electrons. The van der Waals surface area contributed by atoms with E-state index in [4.69, 9.17) is 14.2 Å². The molecule has 3 fully saturated rings. The van der Waals surface area contributed by atoms with Crippen molar-refractivity contribution >= 4 is 11.8 Å². The maximum Gasteiger partial charge on any atom is 0.311 e. The number of hydrogen-bond acceptors (Lipinski definition) is 10. The molecular formula is C38H68O11. The third-order valence-corrected chi connectivity index (χ3v) is 13.1. The lowest BCUT2D eigenvalue weighted by molar-refractivity contribution is -0.348. The molecule has 11 heteroatoms. The Bertz CT molecular complexity index is 1130. The molecule has 286 valence electrons. The normalized spacial score (nSPS) is 43.5. The highest BCUT2D eigenvalue weighted by Gasteiger charge is 2.67. The number of hydrogen-bond donors (Lipinski definition) is 6. The van der Waals surface area contributed by atoms with Gasteiger partial charge in [0.1, 0.15) is 17.3 Å². The lowest BCUT2D eigenvalue weighted by Gasteiger charge is -2.52. The van der Waals surface area contributed by atoms with Gasteiger partial charge in [-0.25, -0.2) is 0 Å². The molecule has 3 rings (SSSR count). The summed E-state index contributed by atoms with van der Waals surface area (Å²) in [6, 6.07) is 0. The molecular weight excluding hydrogens is 632 g/mol. The van der Waals surface area contributed by atoms with Crippen molar-refractivity contribution in [3.05, 3.63) is 0 Å². The van der Waals surface area contributed by atoms with E-state index in [0.29, 0.717) is 38.5 Å². The lowest BCUT2D eigenvalue weighted by atomic mass is 9.69. The van der Waals surface area contributed by atoms with Crippen LogP contribution in [0.1, 0.15) is 128 Å². The summed E-state index contributed by atoms with van der Waals surface area (Å²) >= 11 is 0. The molecule has 0 spiro atoms. The Morgan fingerprint density at radius 3 is 2.02 bits per heavy atom. The van der Waals surface area contributed by atoms with Crippen molar-refractivity contribution in [2.45, 2.75) is 181 Å². The minimum absolute atomic E-state index is 0.0760. The van der Waals surface area contributed by atoms with Crippen LogP contribution in [0.15, 0.2) is 0 Å². The van der Waals surface area contributed by atoms with E-state index >= 15 is 0 Å². The minimum Gasteiger partial charge on any atom is -0.481 e. The summed E-state index contributed by atoms with van der Waals surface area (Å²) < 4.78 is 19.4. The molecule has 11 nitrogen and oxygen atoms in total. The van der Waals surface area contributed by atoms with Gasteiger partial charge in [0.25, 0.3) is 0 Å². The molecule has 49 heavy (non-hydrogen) atoms. The molecule has 3 aliphatic rings. The second-order valence-electron chi connectivity index (χ2n) is 16.2. The molecule has 3 aliphatic heterocycles. The zero-order chi connectivity index (χ0) is 37.4. The van der Waals surface area contributed by atoms with Crippen LogP contribution in [0.3, 0.4) is 0 Å².